The molecule has 3 N–H and O–H groups in total. The molecule has 2 saturated heterocycles. The van der Waals surface area contributed by atoms with Crippen LogP contribution in [0.25, 0.3) is 22.2 Å². The summed E-state index contributed by atoms with van der Waals surface area (Å²) in [7, 11) is 0. The predicted molar refractivity (Wildman–Crippen MR) is 180 cm³/mol. The quantitative estimate of drug-likeness (QED) is 0.178. The van der Waals surface area contributed by atoms with Gasteiger partial charge in [0.25, 0.3) is 0 Å². The van der Waals surface area contributed by atoms with Crippen LogP contribution in [0.5, 0.6) is 0 Å². The number of fused-ring (bicyclic) bond motifs is 1. The van der Waals surface area contributed by atoms with E-state index in [4.69, 9.17) is 9.72 Å². The van der Waals surface area contributed by atoms with E-state index in [9.17, 15) is 4.79 Å². The minimum Gasteiger partial charge on any atom is -0.381 e. The number of aryl methyl sites for hydroxylation is 2. The number of hydrogen-bond donors (Lipinski definition) is 3. The molecule has 0 saturated carbocycles. The number of piperidine rings is 1. The number of pyridine rings is 1. The average Bonchev–Trinajstić information content (AvgIpc) is 3.51. The second-order valence-electron chi connectivity index (χ2n) is 12.4. The Balaban J connectivity index is 1.14. The van der Waals surface area contributed by atoms with Gasteiger partial charge in [-0.2, -0.15) is 5.10 Å². The maximum absolute atomic E-state index is 15.0. The SMILES string of the molecule is CCc1nc2c(cnn2CC)c(NC2CCOCC2)c1CNC(=O)NCc1ccc(F)c(-c2cccc(CN3CCCCC3)c2)c1. The number of benzene rings is 2. The number of ether oxygens (including phenoxy) is 1. The van der Waals surface area contributed by atoms with Gasteiger partial charge in [0, 0.05) is 62.3 Å². The molecule has 2 amide bonds. The van der Waals surface area contributed by atoms with Crippen LogP contribution in [0.2, 0.25) is 0 Å². The number of carbonyl (C=O) groups is 1. The molecule has 2 aromatic carbocycles. The number of urea groups is 1. The van der Waals surface area contributed by atoms with E-state index in [1.165, 1.54) is 30.9 Å². The fourth-order valence-electron chi connectivity index (χ4n) is 6.63. The third-order valence-electron chi connectivity index (χ3n) is 9.18. The van der Waals surface area contributed by atoms with Crippen LogP contribution in [0.4, 0.5) is 14.9 Å². The molecule has 244 valence electrons. The molecule has 0 aliphatic carbocycles. The number of hydrogen-bond acceptors (Lipinski definition) is 6. The zero-order valence-electron chi connectivity index (χ0n) is 27.1. The van der Waals surface area contributed by atoms with Crippen LogP contribution in [0, 0.1) is 5.82 Å². The van der Waals surface area contributed by atoms with Gasteiger partial charge in [-0.25, -0.2) is 18.9 Å². The largest absolute Gasteiger partial charge is 0.381 e. The Morgan fingerprint density at radius 3 is 2.59 bits per heavy atom. The number of carbonyl (C=O) groups excluding carboxylic acids is 1. The first-order valence-corrected chi connectivity index (χ1v) is 16.9. The van der Waals surface area contributed by atoms with Crippen molar-refractivity contribution in [1.29, 1.82) is 0 Å². The molecule has 0 atom stereocenters. The Kier molecular flexibility index (Phi) is 10.4. The van der Waals surface area contributed by atoms with Gasteiger partial charge >= 0.3 is 6.03 Å². The normalized spacial score (nSPS) is 16.1. The molecule has 2 aromatic heterocycles. The highest BCUT2D eigenvalue weighted by atomic mass is 19.1. The van der Waals surface area contributed by atoms with E-state index in [-0.39, 0.29) is 24.4 Å². The number of likely N-dealkylation sites (tertiary alicyclic amines) is 1. The Hall–Kier alpha value is -4.02. The Morgan fingerprint density at radius 1 is 1.00 bits per heavy atom. The summed E-state index contributed by atoms with van der Waals surface area (Å²) in [6.45, 7) is 10.0. The van der Waals surface area contributed by atoms with E-state index in [0.717, 1.165) is 97.8 Å². The standard InChI is InChI=1S/C36H46FN7O2/c1-3-33-30(34(41-28-13-17-46-18-14-28)31-23-40-44(4-2)35(31)42-33)22-39-36(45)38-21-25-11-12-32(37)29(20-25)27-10-8-9-26(19-27)24-43-15-6-5-7-16-43/h8-12,19-20,23,28H,3-7,13-18,21-22,24H2,1-2H3,(H,41,42)(H2,38,39,45). The summed E-state index contributed by atoms with van der Waals surface area (Å²) in [5.74, 6) is -0.269. The van der Waals surface area contributed by atoms with Gasteiger partial charge in [0.1, 0.15) is 5.82 Å². The lowest BCUT2D eigenvalue weighted by Gasteiger charge is -2.26. The number of nitrogens with one attached hydrogen (secondary N) is 3. The topological polar surface area (TPSA) is 96.3 Å². The highest BCUT2D eigenvalue weighted by Gasteiger charge is 2.22. The number of aromatic nitrogens is 3. The van der Waals surface area contributed by atoms with Crippen molar-refractivity contribution >= 4 is 22.8 Å². The van der Waals surface area contributed by atoms with Crippen LogP contribution < -0.4 is 16.0 Å². The first-order chi connectivity index (χ1) is 22.5. The molecule has 6 rings (SSSR count). The number of amides is 2. The van der Waals surface area contributed by atoms with E-state index in [2.05, 4.69) is 51.9 Å². The molecule has 2 aliphatic heterocycles. The molecular weight excluding hydrogens is 581 g/mol. The first-order valence-electron chi connectivity index (χ1n) is 16.9. The Morgan fingerprint density at radius 2 is 1.80 bits per heavy atom. The minimum atomic E-state index is -0.294. The first kappa shape index (κ1) is 31.9. The summed E-state index contributed by atoms with van der Waals surface area (Å²) >= 11 is 0. The van der Waals surface area contributed by atoms with E-state index in [0.29, 0.717) is 12.1 Å². The maximum atomic E-state index is 15.0. The molecule has 0 spiro atoms. The maximum Gasteiger partial charge on any atom is 0.315 e. The van der Waals surface area contributed by atoms with Gasteiger partial charge in [0.2, 0.25) is 0 Å². The highest BCUT2D eigenvalue weighted by Crippen LogP contribution is 2.31. The molecule has 4 aromatic rings. The van der Waals surface area contributed by atoms with Crippen LogP contribution in [0.3, 0.4) is 0 Å². The molecule has 4 heterocycles. The van der Waals surface area contributed by atoms with Crippen LogP contribution in [-0.4, -0.2) is 58.0 Å². The lowest BCUT2D eigenvalue weighted by molar-refractivity contribution is 0.0904. The van der Waals surface area contributed by atoms with Gasteiger partial charge in [0.05, 0.1) is 17.3 Å². The van der Waals surface area contributed by atoms with Crippen LogP contribution in [0.15, 0.2) is 48.7 Å². The van der Waals surface area contributed by atoms with Crippen molar-refractivity contribution in [2.24, 2.45) is 0 Å². The van der Waals surface area contributed by atoms with Gasteiger partial charge in [-0.05, 0) is 87.0 Å². The van der Waals surface area contributed by atoms with E-state index in [1.54, 1.807) is 6.07 Å². The lowest BCUT2D eigenvalue weighted by Crippen LogP contribution is -2.35. The summed E-state index contributed by atoms with van der Waals surface area (Å²) in [4.78, 5) is 20.5. The molecule has 10 heteroatoms. The van der Waals surface area contributed by atoms with Gasteiger partial charge < -0.3 is 20.7 Å². The second-order valence-corrected chi connectivity index (χ2v) is 12.4. The number of anilines is 1. The van der Waals surface area contributed by atoms with Crippen LogP contribution >= 0.6 is 0 Å². The number of halogens is 1. The molecule has 0 radical (unpaired) electrons. The zero-order chi connectivity index (χ0) is 31.9. The summed E-state index contributed by atoms with van der Waals surface area (Å²) in [5.41, 5.74) is 7.16. The molecule has 46 heavy (non-hydrogen) atoms. The van der Waals surface area contributed by atoms with Crippen molar-refractivity contribution in [3.8, 4) is 11.1 Å². The summed E-state index contributed by atoms with van der Waals surface area (Å²) < 4.78 is 22.5. The molecular formula is C36H46FN7O2. The van der Waals surface area contributed by atoms with Crippen molar-refractivity contribution in [1.82, 2.24) is 30.3 Å². The van der Waals surface area contributed by atoms with Crippen molar-refractivity contribution in [3.63, 3.8) is 0 Å². The van der Waals surface area contributed by atoms with E-state index < -0.39 is 0 Å². The Labute approximate surface area is 270 Å². The van der Waals surface area contributed by atoms with Gasteiger partial charge in [-0.15, -0.1) is 0 Å². The Bertz CT molecular complexity index is 1640. The van der Waals surface area contributed by atoms with Gasteiger partial charge in [0.15, 0.2) is 5.65 Å². The van der Waals surface area contributed by atoms with E-state index in [1.807, 2.05) is 29.1 Å². The molecule has 0 bridgehead atoms. The van der Waals surface area contributed by atoms with Crippen LogP contribution in [0.1, 0.15) is 68.3 Å². The third kappa shape index (κ3) is 7.50. The zero-order valence-corrected chi connectivity index (χ0v) is 27.1. The average molecular weight is 628 g/mol. The van der Waals surface area contributed by atoms with Gasteiger partial charge in [-0.1, -0.05) is 37.6 Å². The number of rotatable bonds is 11. The van der Waals surface area contributed by atoms with Crippen molar-refractivity contribution in [2.75, 3.05) is 31.6 Å². The molecule has 2 fully saturated rings. The lowest BCUT2D eigenvalue weighted by atomic mass is 10.00. The fourth-order valence-corrected chi connectivity index (χ4v) is 6.63. The fraction of sp³-hybridized carbons (Fsp3) is 0.472. The minimum absolute atomic E-state index is 0.269. The molecule has 2 aliphatic rings. The molecule has 9 nitrogen and oxygen atoms in total. The van der Waals surface area contributed by atoms with Crippen LogP contribution in [-0.2, 0) is 37.3 Å². The summed E-state index contributed by atoms with van der Waals surface area (Å²) in [5, 5.41) is 15.3. The number of nitrogens with zero attached hydrogens (tertiary/aromatic N) is 4. The second kappa shape index (κ2) is 15.0. The smallest absolute Gasteiger partial charge is 0.315 e. The summed E-state index contributed by atoms with van der Waals surface area (Å²) in [6.07, 6.45) is 8.21. The molecule has 0 unspecified atom stereocenters. The van der Waals surface area contributed by atoms with Crippen molar-refractivity contribution < 1.29 is 13.9 Å². The van der Waals surface area contributed by atoms with Crippen molar-refractivity contribution in [3.05, 3.63) is 76.9 Å². The van der Waals surface area contributed by atoms with Crippen molar-refractivity contribution in [2.45, 2.75) is 84.6 Å². The van der Waals surface area contributed by atoms with E-state index >= 15 is 4.39 Å². The summed E-state index contributed by atoms with van der Waals surface area (Å²) in [6, 6.07) is 13.2. The third-order valence-corrected chi connectivity index (χ3v) is 9.18. The predicted octanol–water partition coefficient (Wildman–Crippen LogP) is 6.40. The monoisotopic (exact) mass is 627 g/mol. The highest BCUT2D eigenvalue weighted by molar-refractivity contribution is 5.92. The van der Waals surface area contributed by atoms with Gasteiger partial charge in [-0.3, -0.25) is 4.90 Å².